The zero-order valence-corrected chi connectivity index (χ0v) is 5.17. The lowest BCUT2D eigenvalue weighted by Gasteiger charge is -1.88. The Morgan fingerprint density at radius 2 is 2.17 bits per heavy atom. The normalized spacial score (nSPS) is 27.5. The van der Waals surface area contributed by atoms with Gasteiger partial charge in [0.15, 0.2) is 10.5 Å². The van der Waals surface area contributed by atoms with E-state index in [1.54, 1.807) is 0 Å². The fourth-order valence-corrected chi connectivity index (χ4v) is 0.240. The van der Waals surface area contributed by atoms with Gasteiger partial charge in [-0.05, 0) is 0 Å². The van der Waals surface area contributed by atoms with E-state index in [9.17, 15) is 0 Å². The Balaban J connectivity index is 2.28. The van der Waals surface area contributed by atoms with Crippen LogP contribution in [0.2, 0.25) is 0 Å². The Morgan fingerprint density at radius 1 is 1.67 bits per heavy atom. The van der Waals surface area contributed by atoms with Crippen molar-refractivity contribution in [1.29, 1.82) is 0 Å². The first-order chi connectivity index (χ1) is 2.77. The molecule has 1 aliphatic heterocycles. The lowest BCUT2D eigenvalue weighted by Crippen LogP contribution is -2.10. The van der Waals surface area contributed by atoms with Crippen molar-refractivity contribution in [2.24, 2.45) is 0 Å². The van der Waals surface area contributed by atoms with Crippen LogP contribution in [-0.4, -0.2) is 21.8 Å². The summed E-state index contributed by atoms with van der Waals surface area (Å²) in [7, 11) is 0.410. The highest BCUT2D eigenvalue weighted by Gasteiger charge is 2.47. The second-order valence-electron chi connectivity index (χ2n) is 0.895. The molecule has 0 atom stereocenters. The molecule has 0 saturated carbocycles. The third-order valence-electron chi connectivity index (χ3n) is 0.484. The van der Waals surface area contributed by atoms with Gasteiger partial charge in [-0.25, -0.2) is 0 Å². The molecule has 0 radical (unpaired) electrons. The smallest absolute Gasteiger partial charge is 0.353 e. The van der Waals surface area contributed by atoms with E-state index in [0.29, 0.717) is 10.5 Å². The van der Waals surface area contributed by atoms with Crippen molar-refractivity contribution in [2.45, 2.75) is 6.16 Å². The van der Waals surface area contributed by atoms with Crippen LogP contribution in [0.5, 0.6) is 0 Å². The fraction of sp³-hybridized carbons (Fsp3) is 1.00. The number of rotatable bonds is 1. The molecule has 0 unspecified atom stereocenters. The molecule has 6 heavy (non-hydrogen) atoms. The van der Waals surface area contributed by atoms with Crippen LogP contribution in [0.15, 0.2) is 0 Å². The molecule has 0 aliphatic carbocycles. The maximum atomic E-state index is 8.31. The van der Waals surface area contributed by atoms with Gasteiger partial charge in [0.1, 0.15) is 0 Å². The molecule has 1 heterocycles. The summed E-state index contributed by atoms with van der Waals surface area (Å²) in [4.78, 5) is 7.83. The van der Waals surface area contributed by atoms with Gasteiger partial charge in [-0.1, -0.05) is 0 Å². The van der Waals surface area contributed by atoms with E-state index in [1.807, 2.05) is 0 Å². The Hall–Kier alpha value is 0.0569. The summed E-state index contributed by atoms with van der Waals surface area (Å²) in [5.41, 5.74) is 0. The van der Waals surface area contributed by atoms with E-state index in [4.69, 9.17) is 5.11 Å². The Labute approximate surface area is 37.1 Å². The second-order valence-corrected chi connectivity index (χ2v) is 1.30. The lowest BCUT2D eigenvalue weighted by atomic mass is 11.2. The first kappa shape index (κ1) is 4.22. The van der Waals surface area contributed by atoms with Gasteiger partial charge in [0.25, 0.3) is 0 Å². The first-order valence-corrected chi connectivity index (χ1v) is 2.23. The van der Waals surface area contributed by atoms with Crippen molar-refractivity contribution in [3.8, 4) is 0 Å². The summed E-state index contributed by atoms with van der Waals surface area (Å²) in [6, 6.07) is 0. The molecular formula is CH4O4Si. The number of hydrogen-bond acceptors (Lipinski definition) is 4. The maximum Gasteiger partial charge on any atom is 0.453 e. The predicted molar refractivity (Wildman–Crippen MR) is 18.1 cm³/mol. The highest BCUT2D eigenvalue weighted by atomic mass is 28.2. The van der Waals surface area contributed by atoms with E-state index >= 15 is 0 Å². The number of hydrogen-bond donors (Lipinski definition) is 1. The maximum absolute atomic E-state index is 8.31. The van der Waals surface area contributed by atoms with Crippen molar-refractivity contribution in [3.05, 3.63) is 0 Å². The highest BCUT2D eigenvalue weighted by Crippen LogP contribution is 2.24. The zero-order chi connectivity index (χ0) is 4.62. The van der Waals surface area contributed by atoms with Crippen molar-refractivity contribution in [2.75, 3.05) is 0 Å². The molecule has 5 heteroatoms. The molecule has 0 spiro atoms. The number of aliphatic hydroxyl groups is 1. The summed E-state index contributed by atoms with van der Waals surface area (Å²) in [6.45, 7) is 0. The fourth-order valence-electron chi connectivity index (χ4n) is 0.104. The third kappa shape index (κ3) is 0.584. The van der Waals surface area contributed by atoms with Crippen LogP contribution in [0, 0.1) is 0 Å². The zero-order valence-electron chi connectivity index (χ0n) is 3.17. The van der Waals surface area contributed by atoms with Gasteiger partial charge in [0, 0.05) is 0 Å². The Bertz CT molecular complexity index is 58.6. The predicted octanol–water partition coefficient (Wildman–Crippen LogP) is -2.15. The van der Waals surface area contributed by atoms with Crippen LogP contribution in [-0.2, 0) is 14.2 Å². The quantitative estimate of drug-likeness (QED) is 0.180. The van der Waals surface area contributed by atoms with Gasteiger partial charge in [-0.2, -0.15) is 0 Å². The van der Waals surface area contributed by atoms with Crippen LogP contribution in [0.4, 0.5) is 0 Å². The molecule has 36 valence electrons. The van der Waals surface area contributed by atoms with Gasteiger partial charge in [0.2, 0.25) is 0 Å². The highest BCUT2D eigenvalue weighted by molar-refractivity contribution is 5.98. The van der Waals surface area contributed by atoms with Gasteiger partial charge in [0.05, 0.1) is 0 Å². The molecule has 0 bridgehead atoms. The van der Waals surface area contributed by atoms with Crippen molar-refractivity contribution < 1.29 is 19.3 Å². The van der Waals surface area contributed by atoms with Gasteiger partial charge < -0.3 is 9.53 Å². The van der Waals surface area contributed by atoms with E-state index in [0.717, 1.165) is 0 Å². The summed E-state index contributed by atoms with van der Waals surface area (Å²) < 4.78 is 4.30. The minimum atomic E-state index is -1.65. The summed E-state index contributed by atoms with van der Waals surface area (Å²) in [6.07, 6.45) is -1.65. The average molecular weight is 108 g/mol. The molecule has 1 rings (SSSR count). The molecule has 0 aromatic carbocycles. The van der Waals surface area contributed by atoms with E-state index in [2.05, 4.69) is 14.2 Å². The van der Waals surface area contributed by atoms with Crippen LogP contribution < -0.4 is 0 Å². The van der Waals surface area contributed by atoms with Gasteiger partial charge >= 0.3 is 6.16 Å². The lowest BCUT2D eigenvalue weighted by molar-refractivity contribution is -0.142. The van der Waals surface area contributed by atoms with Gasteiger partial charge in [-0.3, -0.25) is 0 Å². The molecule has 0 aromatic rings. The van der Waals surface area contributed by atoms with Gasteiger partial charge in [-0.15, -0.1) is 9.78 Å². The molecule has 4 nitrogen and oxygen atoms in total. The summed E-state index contributed by atoms with van der Waals surface area (Å²) in [5.74, 6) is 0. The first-order valence-electron chi connectivity index (χ1n) is 1.41. The monoisotopic (exact) mass is 108 g/mol. The SMILES string of the molecule is OC1(O[SiH3])OO1. The summed E-state index contributed by atoms with van der Waals surface area (Å²) in [5, 5.41) is 8.31. The van der Waals surface area contributed by atoms with E-state index in [-0.39, 0.29) is 0 Å². The van der Waals surface area contributed by atoms with Crippen molar-refractivity contribution >= 4 is 10.5 Å². The average Bonchev–Trinajstić information content (AvgIpc) is 2.22. The molecule has 1 fully saturated rings. The standard InChI is InChI=1S/CH4O4Si/c2-1(5-6)3-4-1/h2H,6H3. The minimum Gasteiger partial charge on any atom is -0.353 e. The summed E-state index contributed by atoms with van der Waals surface area (Å²) >= 11 is 0. The molecule has 1 N–H and O–H groups in total. The molecule has 1 saturated heterocycles. The Morgan fingerprint density at radius 3 is 2.17 bits per heavy atom. The van der Waals surface area contributed by atoms with Crippen molar-refractivity contribution in [1.82, 2.24) is 0 Å². The van der Waals surface area contributed by atoms with Crippen LogP contribution in [0.25, 0.3) is 0 Å². The molecule has 0 amide bonds. The molecular weight excluding hydrogens is 104 g/mol. The second kappa shape index (κ2) is 1.01. The minimum absolute atomic E-state index is 0.410. The van der Waals surface area contributed by atoms with Crippen LogP contribution in [0.3, 0.4) is 0 Å². The van der Waals surface area contributed by atoms with E-state index < -0.39 is 6.16 Å². The van der Waals surface area contributed by atoms with Crippen LogP contribution >= 0.6 is 0 Å². The molecule has 1 aliphatic rings. The Kier molecular flexibility index (Phi) is 0.714. The third-order valence-corrected chi connectivity index (χ3v) is 1.000. The largest absolute Gasteiger partial charge is 0.453 e. The topological polar surface area (TPSA) is 54.5 Å². The van der Waals surface area contributed by atoms with Crippen molar-refractivity contribution in [3.63, 3.8) is 0 Å². The van der Waals surface area contributed by atoms with E-state index in [1.165, 1.54) is 0 Å². The molecule has 0 aromatic heterocycles. The van der Waals surface area contributed by atoms with Crippen LogP contribution in [0.1, 0.15) is 0 Å².